The van der Waals surface area contributed by atoms with Crippen LogP contribution in [0, 0.1) is 6.92 Å². The molecule has 0 aliphatic heterocycles. The molecule has 0 bridgehead atoms. The van der Waals surface area contributed by atoms with E-state index in [9.17, 15) is 4.79 Å². The zero-order valence-corrected chi connectivity index (χ0v) is 9.30. The summed E-state index contributed by atoms with van der Waals surface area (Å²) in [5, 5.41) is 12.9. The summed E-state index contributed by atoms with van der Waals surface area (Å²) >= 11 is 0. The lowest BCUT2D eigenvalue weighted by molar-refractivity contribution is 0.0696. The lowest BCUT2D eigenvalue weighted by Gasteiger charge is -2.01. The predicted octanol–water partition coefficient (Wildman–Crippen LogP) is 1.81. The molecule has 3 N–H and O–H groups in total. The standard InChI is InChI=1S/C12H12N2O3/c1-7-10(12(15)16)11(14-17-7)9-4-2-3-8(5-9)6-13/h2-5H,6,13H2,1H3,(H,15,16). The van der Waals surface area contributed by atoms with Crippen molar-refractivity contribution >= 4 is 5.97 Å². The van der Waals surface area contributed by atoms with Gasteiger partial charge in [-0.25, -0.2) is 4.79 Å². The van der Waals surface area contributed by atoms with Gasteiger partial charge in [0, 0.05) is 12.1 Å². The highest BCUT2D eigenvalue weighted by atomic mass is 16.5. The molecule has 2 rings (SSSR count). The van der Waals surface area contributed by atoms with Crippen LogP contribution >= 0.6 is 0 Å². The Morgan fingerprint density at radius 1 is 1.53 bits per heavy atom. The van der Waals surface area contributed by atoms with Gasteiger partial charge in [0.1, 0.15) is 17.0 Å². The largest absolute Gasteiger partial charge is 0.477 e. The minimum atomic E-state index is -1.04. The molecular weight excluding hydrogens is 220 g/mol. The van der Waals surface area contributed by atoms with Gasteiger partial charge in [0.25, 0.3) is 0 Å². The maximum atomic E-state index is 11.1. The summed E-state index contributed by atoms with van der Waals surface area (Å²) in [5.74, 6) is -0.748. The number of carboxylic acids is 1. The lowest BCUT2D eigenvalue weighted by atomic mass is 10.0. The SMILES string of the molecule is Cc1onc(-c2cccc(CN)c2)c1C(=O)O. The molecule has 0 radical (unpaired) electrons. The topological polar surface area (TPSA) is 89.4 Å². The summed E-state index contributed by atoms with van der Waals surface area (Å²) in [4.78, 5) is 11.1. The first-order valence-electron chi connectivity index (χ1n) is 5.12. The van der Waals surface area contributed by atoms with E-state index in [4.69, 9.17) is 15.4 Å². The Morgan fingerprint density at radius 2 is 2.29 bits per heavy atom. The molecular formula is C12H12N2O3. The second-order valence-electron chi connectivity index (χ2n) is 3.67. The van der Waals surface area contributed by atoms with E-state index in [0.717, 1.165) is 5.56 Å². The molecule has 0 saturated carbocycles. The average Bonchev–Trinajstić information content (AvgIpc) is 2.71. The monoisotopic (exact) mass is 232 g/mol. The third-order valence-electron chi connectivity index (χ3n) is 2.51. The molecule has 0 unspecified atom stereocenters. The molecule has 2 aromatic rings. The third-order valence-corrected chi connectivity index (χ3v) is 2.51. The summed E-state index contributed by atoms with van der Waals surface area (Å²) in [6.45, 7) is 1.97. The van der Waals surface area contributed by atoms with Gasteiger partial charge >= 0.3 is 5.97 Å². The quantitative estimate of drug-likeness (QED) is 0.842. The molecule has 0 saturated heterocycles. The van der Waals surface area contributed by atoms with Gasteiger partial charge in [-0.05, 0) is 18.6 Å². The van der Waals surface area contributed by atoms with E-state index in [1.165, 1.54) is 0 Å². The van der Waals surface area contributed by atoms with Crippen LogP contribution < -0.4 is 5.73 Å². The van der Waals surface area contributed by atoms with Crippen LogP contribution in [0.15, 0.2) is 28.8 Å². The molecule has 1 aromatic carbocycles. The summed E-state index contributed by atoms with van der Waals surface area (Å²) in [5.41, 5.74) is 7.59. The van der Waals surface area contributed by atoms with Gasteiger partial charge in [0.15, 0.2) is 0 Å². The van der Waals surface area contributed by atoms with Gasteiger partial charge in [-0.3, -0.25) is 0 Å². The second-order valence-corrected chi connectivity index (χ2v) is 3.67. The van der Waals surface area contributed by atoms with Gasteiger partial charge < -0.3 is 15.4 Å². The van der Waals surface area contributed by atoms with Crippen molar-refractivity contribution in [3.05, 3.63) is 41.2 Å². The van der Waals surface area contributed by atoms with Crippen LogP contribution in [0.5, 0.6) is 0 Å². The van der Waals surface area contributed by atoms with Crippen molar-refractivity contribution in [2.75, 3.05) is 0 Å². The van der Waals surface area contributed by atoms with Crippen molar-refractivity contribution in [1.29, 1.82) is 0 Å². The Kier molecular flexibility index (Phi) is 2.93. The molecule has 0 spiro atoms. The zero-order chi connectivity index (χ0) is 12.4. The van der Waals surface area contributed by atoms with Crippen molar-refractivity contribution in [3.63, 3.8) is 0 Å². The highest BCUT2D eigenvalue weighted by molar-refractivity contribution is 5.95. The number of nitrogens with zero attached hydrogens (tertiary/aromatic N) is 1. The fourth-order valence-corrected chi connectivity index (χ4v) is 1.67. The summed E-state index contributed by atoms with van der Waals surface area (Å²) < 4.78 is 4.92. The first-order valence-corrected chi connectivity index (χ1v) is 5.12. The fourth-order valence-electron chi connectivity index (χ4n) is 1.67. The zero-order valence-electron chi connectivity index (χ0n) is 9.30. The molecule has 0 aliphatic rings. The molecule has 88 valence electrons. The van der Waals surface area contributed by atoms with Gasteiger partial charge in [-0.2, -0.15) is 0 Å². The smallest absolute Gasteiger partial charge is 0.341 e. The minimum Gasteiger partial charge on any atom is -0.477 e. The Labute approximate surface area is 97.8 Å². The molecule has 5 heteroatoms. The molecule has 5 nitrogen and oxygen atoms in total. The molecule has 1 aromatic heterocycles. The highest BCUT2D eigenvalue weighted by Crippen LogP contribution is 2.25. The van der Waals surface area contributed by atoms with Crippen LogP contribution in [-0.4, -0.2) is 16.2 Å². The number of hydrogen-bond acceptors (Lipinski definition) is 4. The lowest BCUT2D eigenvalue weighted by Crippen LogP contribution is -2.00. The van der Waals surface area contributed by atoms with E-state index in [-0.39, 0.29) is 5.56 Å². The highest BCUT2D eigenvalue weighted by Gasteiger charge is 2.20. The predicted molar refractivity (Wildman–Crippen MR) is 61.5 cm³/mol. The molecule has 0 atom stereocenters. The number of rotatable bonds is 3. The van der Waals surface area contributed by atoms with Gasteiger partial charge in [-0.15, -0.1) is 0 Å². The molecule has 1 heterocycles. The number of hydrogen-bond donors (Lipinski definition) is 2. The minimum absolute atomic E-state index is 0.0965. The van der Waals surface area contributed by atoms with Crippen LogP contribution in [-0.2, 0) is 6.54 Å². The Bertz CT molecular complexity index is 561. The summed E-state index contributed by atoms with van der Waals surface area (Å²) in [6.07, 6.45) is 0. The molecule has 17 heavy (non-hydrogen) atoms. The number of carboxylic acid groups (broad SMARTS) is 1. The summed E-state index contributed by atoms with van der Waals surface area (Å²) in [6, 6.07) is 7.27. The average molecular weight is 232 g/mol. The van der Waals surface area contributed by atoms with Crippen LogP contribution in [0.2, 0.25) is 0 Å². The van der Waals surface area contributed by atoms with Crippen molar-refractivity contribution in [3.8, 4) is 11.3 Å². The van der Waals surface area contributed by atoms with E-state index >= 15 is 0 Å². The Morgan fingerprint density at radius 3 is 2.94 bits per heavy atom. The molecule has 0 amide bonds. The van der Waals surface area contributed by atoms with E-state index in [0.29, 0.717) is 23.6 Å². The van der Waals surface area contributed by atoms with E-state index < -0.39 is 5.97 Å². The van der Waals surface area contributed by atoms with Crippen molar-refractivity contribution in [1.82, 2.24) is 5.16 Å². The number of carbonyl (C=O) groups is 1. The first kappa shape index (κ1) is 11.3. The number of benzene rings is 1. The van der Waals surface area contributed by atoms with E-state index in [1.807, 2.05) is 18.2 Å². The summed E-state index contributed by atoms with van der Waals surface area (Å²) in [7, 11) is 0. The van der Waals surface area contributed by atoms with Gasteiger partial charge in [-0.1, -0.05) is 23.4 Å². The first-order chi connectivity index (χ1) is 8.13. The fraction of sp³-hybridized carbons (Fsp3) is 0.167. The van der Waals surface area contributed by atoms with Crippen molar-refractivity contribution < 1.29 is 14.4 Å². The number of aryl methyl sites for hydroxylation is 1. The number of aromatic carboxylic acids is 1. The Balaban J connectivity index is 2.56. The van der Waals surface area contributed by atoms with Crippen LogP contribution in [0.3, 0.4) is 0 Å². The van der Waals surface area contributed by atoms with Gasteiger partial charge in [0.2, 0.25) is 0 Å². The van der Waals surface area contributed by atoms with E-state index in [1.54, 1.807) is 13.0 Å². The second kappa shape index (κ2) is 4.39. The third kappa shape index (κ3) is 2.05. The number of nitrogens with two attached hydrogens (primary N) is 1. The van der Waals surface area contributed by atoms with Crippen LogP contribution in [0.1, 0.15) is 21.7 Å². The maximum Gasteiger partial charge on any atom is 0.341 e. The van der Waals surface area contributed by atoms with Crippen molar-refractivity contribution in [2.45, 2.75) is 13.5 Å². The van der Waals surface area contributed by atoms with Crippen LogP contribution in [0.4, 0.5) is 0 Å². The normalized spacial score (nSPS) is 10.5. The molecule has 0 aliphatic carbocycles. The van der Waals surface area contributed by atoms with Crippen molar-refractivity contribution in [2.24, 2.45) is 5.73 Å². The van der Waals surface area contributed by atoms with Crippen LogP contribution in [0.25, 0.3) is 11.3 Å². The van der Waals surface area contributed by atoms with Gasteiger partial charge in [0.05, 0.1) is 0 Å². The molecule has 0 fully saturated rings. The van der Waals surface area contributed by atoms with E-state index in [2.05, 4.69) is 5.16 Å². The number of aromatic nitrogens is 1. The maximum absolute atomic E-state index is 11.1. The Hall–Kier alpha value is -2.14.